The molecule has 3 aliphatic carbocycles. The van der Waals surface area contributed by atoms with Crippen LogP contribution >= 0.6 is 0 Å². The molecule has 1 spiro atoms. The maximum Gasteiger partial charge on any atom is 0.433 e. The zero-order chi connectivity index (χ0) is 43.5. The van der Waals surface area contributed by atoms with Gasteiger partial charge in [0, 0.05) is 48.4 Å². The monoisotopic (exact) mass is 854 g/mol. The molecular weight excluding hydrogens is 806 g/mol. The lowest BCUT2D eigenvalue weighted by Gasteiger charge is -2.53. The number of carbonyl (C=O) groups excluding carboxylic acids is 5. The van der Waals surface area contributed by atoms with Crippen LogP contribution < -0.4 is 20.7 Å². The number of ether oxygens (including phenoxy) is 1. The number of nitrogens with zero attached hydrogens (tertiary/aromatic N) is 5. The van der Waals surface area contributed by atoms with Crippen molar-refractivity contribution in [2.45, 2.75) is 107 Å². The van der Waals surface area contributed by atoms with Crippen LogP contribution in [0.5, 0.6) is 5.75 Å². The van der Waals surface area contributed by atoms with Gasteiger partial charge in [-0.2, -0.15) is 18.3 Å². The molecule has 326 valence electrons. The number of imide groups is 2. The first-order valence-corrected chi connectivity index (χ1v) is 21.4. The molecule has 17 heteroatoms. The van der Waals surface area contributed by atoms with E-state index in [1.165, 1.54) is 26.0 Å². The minimum absolute atomic E-state index is 0.0827. The molecule has 0 bridgehead atoms. The van der Waals surface area contributed by atoms with Gasteiger partial charge >= 0.3 is 6.18 Å². The number of benzene rings is 2. The molecule has 4 heterocycles. The molecule has 2 aromatic heterocycles. The van der Waals surface area contributed by atoms with Gasteiger partial charge in [-0.05, 0) is 125 Å². The van der Waals surface area contributed by atoms with Crippen molar-refractivity contribution in [2.24, 2.45) is 11.3 Å². The fraction of sp³-hybridized carbons (Fsp3) is 0.489. The molecule has 4 aromatic rings. The van der Waals surface area contributed by atoms with Crippen molar-refractivity contribution in [1.29, 1.82) is 0 Å². The number of pyridine rings is 1. The standard InChI is InChI=1S/C45H49F3N8O6/c1-54(29-14-16-44(17-15-29)21-28(22-44)49-27-8-11-31-32(19-27)43(61)56(42(31)60)36-12-13-39(57)52-41(36)59)23-25-6-9-30(10-7-25)55-24-26-18-35(37(62-2)20-34(26)53-55)51-40(58)33-4-3-5-38(50-33)45(46,47)48/h3-5,8,11,18-20,24-25,28-30,36,49H,6-7,9-10,12-17,21-23H2,1-2H3,(H,51,58)(H,52,57,59)/t25-,28?,29?,30-,36?,44?. The minimum Gasteiger partial charge on any atom is -0.494 e. The van der Waals surface area contributed by atoms with E-state index in [1.54, 1.807) is 24.3 Å². The van der Waals surface area contributed by atoms with Crippen molar-refractivity contribution >= 4 is 51.8 Å². The SMILES string of the molecule is COc1cc2nn([C@H]3CC[C@H](CN(C)C4CCC5(CC4)CC(Nc4ccc6c(c4)C(=O)N(C4CCC(=O)NC4=O)C6=O)C5)CC3)cc2cc1NC(=O)c1cccc(C(F)(F)F)n1. The highest BCUT2D eigenvalue weighted by molar-refractivity contribution is 6.23. The molecule has 14 nitrogen and oxygen atoms in total. The predicted octanol–water partition coefficient (Wildman–Crippen LogP) is 6.98. The second-order valence-corrected chi connectivity index (χ2v) is 17.9. The largest absolute Gasteiger partial charge is 0.494 e. The van der Waals surface area contributed by atoms with Crippen molar-refractivity contribution in [1.82, 2.24) is 29.9 Å². The third-order valence-corrected chi connectivity index (χ3v) is 13.9. The van der Waals surface area contributed by atoms with E-state index in [4.69, 9.17) is 9.84 Å². The number of hydrogen-bond donors (Lipinski definition) is 3. The van der Waals surface area contributed by atoms with Gasteiger partial charge in [0.05, 0.1) is 35.5 Å². The van der Waals surface area contributed by atoms with E-state index in [0.29, 0.717) is 34.3 Å². The Morgan fingerprint density at radius 1 is 0.952 bits per heavy atom. The van der Waals surface area contributed by atoms with Crippen LogP contribution in [-0.2, 0) is 15.8 Å². The molecule has 3 N–H and O–H groups in total. The van der Waals surface area contributed by atoms with Crippen molar-refractivity contribution in [3.8, 4) is 5.75 Å². The van der Waals surface area contributed by atoms with Gasteiger partial charge in [-0.25, -0.2) is 4.98 Å². The van der Waals surface area contributed by atoms with Gasteiger partial charge in [-0.1, -0.05) is 6.07 Å². The number of carbonyl (C=O) groups is 5. The Labute approximate surface area is 355 Å². The average Bonchev–Trinajstić information content (AvgIpc) is 3.76. The van der Waals surface area contributed by atoms with Crippen LogP contribution in [0.2, 0.25) is 0 Å². The number of hydrogen-bond acceptors (Lipinski definition) is 10. The smallest absolute Gasteiger partial charge is 0.433 e. The minimum atomic E-state index is -4.67. The molecule has 9 rings (SSSR count). The molecular formula is C45H49F3N8O6. The summed E-state index contributed by atoms with van der Waals surface area (Å²) in [6.07, 6.45) is 8.43. The van der Waals surface area contributed by atoms with E-state index in [-0.39, 0.29) is 41.7 Å². The summed E-state index contributed by atoms with van der Waals surface area (Å²) in [6.45, 7) is 1.05. The molecule has 2 aliphatic heterocycles. The first-order valence-electron chi connectivity index (χ1n) is 21.4. The fourth-order valence-electron chi connectivity index (χ4n) is 10.5. The topological polar surface area (TPSA) is 168 Å². The Bertz CT molecular complexity index is 2450. The van der Waals surface area contributed by atoms with Gasteiger partial charge < -0.3 is 20.3 Å². The highest BCUT2D eigenvalue weighted by Crippen LogP contribution is 2.53. The number of nitrogens with one attached hydrogen (secondary N) is 3. The Balaban J connectivity index is 0.731. The number of fused-ring (bicyclic) bond motifs is 2. The van der Waals surface area contributed by atoms with Crippen LogP contribution in [0, 0.1) is 11.3 Å². The number of methoxy groups -OCH3 is 1. The summed E-state index contributed by atoms with van der Waals surface area (Å²) in [7, 11) is 3.72. The van der Waals surface area contributed by atoms with Gasteiger partial charge in [0.25, 0.3) is 17.7 Å². The number of anilines is 2. The van der Waals surface area contributed by atoms with Crippen LogP contribution in [0.4, 0.5) is 24.5 Å². The molecule has 62 heavy (non-hydrogen) atoms. The summed E-state index contributed by atoms with van der Waals surface area (Å²) < 4.78 is 47.1. The Kier molecular flexibility index (Phi) is 10.8. The predicted molar refractivity (Wildman–Crippen MR) is 222 cm³/mol. The third kappa shape index (κ3) is 8.02. The second kappa shape index (κ2) is 16.1. The number of amides is 5. The van der Waals surface area contributed by atoms with E-state index in [0.717, 1.165) is 86.0 Å². The lowest BCUT2D eigenvalue weighted by molar-refractivity contribution is -0.141. The van der Waals surface area contributed by atoms with Gasteiger partial charge in [0.1, 0.15) is 23.2 Å². The maximum atomic E-state index is 13.3. The maximum absolute atomic E-state index is 13.3. The van der Waals surface area contributed by atoms with Gasteiger partial charge in [-0.3, -0.25) is 38.9 Å². The molecule has 5 amide bonds. The molecule has 4 fully saturated rings. The third-order valence-electron chi connectivity index (χ3n) is 13.9. The zero-order valence-electron chi connectivity index (χ0n) is 34.6. The molecule has 1 saturated heterocycles. The summed E-state index contributed by atoms with van der Waals surface area (Å²) in [5.74, 6) is -1.87. The van der Waals surface area contributed by atoms with E-state index in [2.05, 4.69) is 32.9 Å². The highest BCUT2D eigenvalue weighted by Gasteiger charge is 2.48. The van der Waals surface area contributed by atoms with E-state index < -0.39 is 47.4 Å². The lowest BCUT2D eigenvalue weighted by Crippen LogP contribution is -2.54. The van der Waals surface area contributed by atoms with Gasteiger partial charge in [-0.15, -0.1) is 0 Å². The second-order valence-electron chi connectivity index (χ2n) is 17.9. The average molecular weight is 855 g/mol. The number of halogens is 3. The molecule has 1 unspecified atom stereocenters. The number of rotatable bonds is 10. The zero-order valence-corrected chi connectivity index (χ0v) is 34.6. The van der Waals surface area contributed by atoms with Crippen molar-refractivity contribution in [3.63, 3.8) is 0 Å². The summed E-state index contributed by atoms with van der Waals surface area (Å²) in [6, 6.07) is 11.9. The quantitative estimate of drug-likeness (QED) is 0.142. The van der Waals surface area contributed by atoms with E-state index in [1.807, 2.05) is 16.9 Å². The summed E-state index contributed by atoms with van der Waals surface area (Å²) in [4.78, 5) is 70.4. The van der Waals surface area contributed by atoms with Crippen LogP contribution in [-0.4, -0.2) is 92.9 Å². The highest BCUT2D eigenvalue weighted by atomic mass is 19.4. The van der Waals surface area contributed by atoms with Crippen LogP contribution in [0.1, 0.15) is 120 Å². The van der Waals surface area contributed by atoms with Crippen molar-refractivity contribution in [2.75, 3.05) is 31.3 Å². The van der Waals surface area contributed by atoms with E-state index >= 15 is 0 Å². The van der Waals surface area contributed by atoms with Gasteiger partial charge in [0.2, 0.25) is 11.8 Å². The molecule has 3 saturated carbocycles. The van der Waals surface area contributed by atoms with Gasteiger partial charge in [0.15, 0.2) is 0 Å². The summed E-state index contributed by atoms with van der Waals surface area (Å²) >= 11 is 0. The van der Waals surface area contributed by atoms with Crippen LogP contribution in [0.3, 0.4) is 0 Å². The first kappa shape index (κ1) is 41.5. The Morgan fingerprint density at radius 2 is 1.69 bits per heavy atom. The normalized spacial score (nSPS) is 26.4. The van der Waals surface area contributed by atoms with Crippen molar-refractivity contribution in [3.05, 3.63) is 77.2 Å². The van der Waals surface area contributed by atoms with Crippen molar-refractivity contribution < 1.29 is 41.9 Å². The molecule has 5 aliphatic rings. The Hall–Kier alpha value is -5.84. The number of piperidine rings is 1. The summed E-state index contributed by atoms with van der Waals surface area (Å²) in [5, 5.41) is 14.1. The molecule has 1 atom stereocenters. The molecule has 2 aromatic carbocycles. The Morgan fingerprint density at radius 3 is 2.40 bits per heavy atom. The van der Waals surface area contributed by atoms with E-state index in [9.17, 15) is 37.1 Å². The number of aromatic nitrogens is 3. The number of alkyl halides is 3. The van der Waals surface area contributed by atoms with Crippen LogP contribution in [0.15, 0.2) is 54.7 Å². The fourth-order valence-corrected chi connectivity index (χ4v) is 10.5. The first-order chi connectivity index (χ1) is 29.7. The van der Waals surface area contributed by atoms with Crippen LogP contribution in [0.25, 0.3) is 10.9 Å². The lowest BCUT2D eigenvalue weighted by atomic mass is 9.57. The summed E-state index contributed by atoms with van der Waals surface area (Å²) in [5.41, 5.74) is 1.18. The molecule has 0 radical (unpaired) electrons.